The Morgan fingerprint density at radius 3 is 2.63 bits per heavy atom. The van der Waals surface area contributed by atoms with Crippen molar-refractivity contribution in [2.24, 2.45) is 0 Å². The van der Waals surface area contributed by atoms with E-state index >= 15 is 0 Å². The summed E-state index contributed by atoms with van der Waals surface area (Å²) in [5, 5.41) is 9.64. The van der Waals surface area contributed by atoms with Gasteiger partial charge in [0.15, 0.2) is 0 Å². The number of rotatable bonds is 3. The van der Waals surface area contributed by atoms with Crippen LogP contribution in [0.15, 0.2) is 40.4 Å². The maximum atomic E-state index is 11.0. The number of aromatic nitrogens is 1. The highest BCUT2D eigenvalue weighted by Gasteiger charge is 2.10. The SMILES string of the molecule is Cc1ccc(Sc2cc(C(=O)O)c(N)cn2)cc1C. The third-order valence-electron chi connectivity index (χ3n) is 2.84. The quantitative estimate of drug-likeness (QED) is 0.899. The number of aromatic carboxylic acids is 1. The van der Waals surface area contributed by atoms with Gasteiger partial charge in [0.1, 0.15) is 5.03 Å². The van der Waals surface area contributed by atoms with Crippen molar-refractivity contribution in [3.05, 3.63) is 47.2 Å². The zero-order valence-electron chi connectivity index (χ0n) is 10.7. The van der Waals surface area contributed by atoms with E-state index in [9.17, 15) is 4.79 Å². The number of benzene rings is 1. The van der Waals surface area contributed by atoms with E-state index in [0.29, 0.717) is 5.03 Å². The molecule has 1 aromatic heterocycles. The highest BCUT2D eigenvalue weighted by atomic mass is 32.2. The summed E-state index contributed by atoms with van der Waals surface area (Å²) in [6.07, 6.45) is 1.38. The molecule has 1 heterocycles. The molecule has 0 aliphatic heterocycles. The minimum atomic E-state index is -1.04. The molecule has 0 unspecified atom stereocenters. The Balaban J connectivity index is 2.30. The second-order valence-electron chi connectivity index (χ2n) is 4.26. The van der Waals surface area contributed by atoms with E-state index in [4.69, 9.17) is 10.8 Å². The molecule has 4 nitrogen and oxygen atoms in total. The van der Waals surface area contributed by atoms with E-state index in [2.05, 4.69) is 11.1 Å². The van der Waals surface area contributed by atoms with Crippen molar-refractivity contribution in [2.45, 2.75) is 23.8 Å². The van der Waals surface area contributed by atoms with Crippen molar-refractivity contribution >= 4 is 23.4 Å². The highest BCUT2D eigenvalue weighted by Crippen LogP contribution is 2.29. The topological polar surface area (TPSA) is 76.2 Å². The fourth-order valence-electron chi connectivity index (χ4n) is 1.59. The molecule has 1 aromatic carbocycles. The maximum absolute atomic E-state index is 11.0. The number of carbonyl (C=O) groups is 1. The predicted molar refractivity (Wildman–Crippen MR) is 75.6 cm³/mol. The van der Waals surface area contributed by atoms with Crippen molar-refractivity contribution in [2.75, 3.05) is 5.73 Å². The van der Waals surface area contributed by atoms with Gasteiger partial charge < -0.3 is 10.8 Å². The summed E-state index contributed by atoms with van der Waals surface area (Å²) in [5.41, 5.74) is 8.25. The first-order valence-electron chi connectivity index (χ1n) is 5.71. The minimum Gasteiger partial charge on any atom is -0.478 e. The summed E-state index contributed by atoms with van der Waals surface area (Å²) in [4.78, 5) is 16.2. The molecule has 0 bridgehead atoms. The normalized spacial score (nSPS) is 10.4. The number of carboxylic acids is 1. The standard InChI is InChI=1S/C14H14N2O2S/c1-8-3-4-10(5-9(8)2)19-13-6-11(14(17)18)12(15)7-16-13/h3-7H,15H2,1-2H3,(H,17,18). The van der Waals surface area contributed by atoms with Gasteiger partial charge in [-0.3, -0.25) is 0 Å². The van der Waals surface area contributed by atoms with Gasteiger partial charge in [0.25, 0.3) is 0 Å². The lowest BCUT2D eigenvalue weighted by atomic mass is 10.1. The fourth-order valence-corrected chi connectivity index (χ4v) is 2.48. The van der Waals surface area contributed by atoms with Crippen molar-refractivity contribution in [3.63, 3.8) is 0 Å². The molecule has 0 spiro atoms. The molecule has 0 saturated carbocycles. The molecular formula is C14H14N2O2S. The second kappa shape index (κ2) is 5.32. The van der Waals surface area contributed by atoms with Gasteiger partial charge in [0.05, 0.1) is 17.4 Å². The van der Waals surface area contributed by atoms with E-state index in [1.165, 1.54) is 35.2 Å². The third-order valence-corrected chi connectivity index (χ3v) is 3.76. The van der Waals surface area contributed by atoms with E-state index in [0.717, 1.165) is 4.90 Å². The average molecular weight is 274 g/mol. The van der Waals surface area contributed by atoms with Crippen LogP contribution in [0.1, 0.15) is 21.5 Å². The number of aryl methyl sites for hydroxylation is 2. The van der Waals surface area contributed by atoms with Crippen LogP contribution in [-0.2, 0) is 0 Å². The Labute approximate surface area is 115 Å². The molecule has 5 heteroatoms. The number of hydrogen-bond acceptors (Lipinski definition) is 4. The molecule has 0 aliphatic rings. The van der Waals surface area contributed by atoms with Crippen LogP contribution in [0.4, 0.5) is 5.69 Å². The molecule has 3 N–H and O–H groups in total. The second-order valence-corrected chi connectivity index (χ2v) is 5.36. The molecule has 98 valence electrons. The van der Waals surface area contributed by atoms with Crippen molar-refractivity contribution < 1.29 is 9.90 Å². The zero-order valence-corrected chi connectivity index (χ0v) is 11.5. The lowest BCUT2D eigenvalue weighted by Crippen LogP contribution is -2.03. The molecule has 0 amide bonds. The van der Waals surface area contributed by atoms with Gasteiger partial charge in [-0.15, -0.1) is 0 Å². The van der Waals surface area contributed by atoms with Gasteiger partial charge in [0, 0.05) is 4.90 Å². The van der Waals surface area contributed by atoms with E-state index in [-0.39, 0.29) is 11.3 Å². The monoisotopic (exact) mass is 274 g/mol. The van der Waals surface area contributed by atoms with Gasteiger partial charge in [-0.05, 0) is 43.2 Å². The van der Waals surface area contributed by atoms with Crippen LogP contribution in [0, 0.1) is 13.8 Å². The van der Waals surface area contributed by atoms with Crippen molar-refractivity contribution in [1.29, 1.82) is 0 Å². The van der Waals surface area contributed by atoms with E-state index < -0.39 is 5.97 Å². The summed E-state index contributed by atoms with van der Waals surface area (Å²) < 4.78 is 0. The zero-order chi connectivity index (χ0) is 14.0. The summed E-state index contributed by atoms with van der Waals surface area (Å²) in [6, 6.07) is 7.58. The first-order chi connectivity index (χ1) is 8.97. The summed E-state index contributed by atoms with van der Waals surface area (Å²) in [6.45, 7) is 4.09. The first-order valence-corrected chi connectivity index (χ1v) is 6.53. The summed E-state index contributed by atoms with van der Waals surface area (Å²) in [5.74, 6) is -1.04. The number of hydrogen-bond donors (Lipinski definition) is 2. The summed E-state index contributed by atoms with van der Waals surface area (Å²) in [7, 11) is 0. The lowest BCUT2D eigenvalue weighted by Gasteiger charge is -2.06. The average Bonchev–Trinajstić information content (AvgIpc) is 2.36. The fraction of sp³-hybridized carbons (Fsp3) is 0.143. The molecular weight excluding hydrogens is 260 g/mol. The van der Waals surface area contributed by atoms with Crippen LogP contribution >= 0.6 is 11.8 Å². The molecule has 0 atom stereocenters. The Kier molecular flexibility index (Phi) is 3.76. The van der Waals surface area contributed by atoms with Crippen LogP contribution in [0.2, 0.25) is 0 Å². The van der Waals surface area contributed by atoms with Crippen molar-refractivity contribution in [3.8, 4) is 0 Å². The molecule has 0 saturated heterocycles. The van der Waals surface area contributed by atoms with Gasteiger partial charge in [-0.2, -0.15) is 0 Å². The smallest absolute Gasteiger partial charge is 0.337 e. The Hall–Kier alpha value is -2.01. The molecule has 0 radical (unpaired) electrons. The van der Waals surface area contributed by atoms with Crippen LogP contribution < -0.4 is 5.73 Å². The van der Waals surface area contributed by atoms with E-state index in [1.807, 2.05) is 26.0 Å². The number of anilines is 1. The Morgan fingerprint density at radius 2 is 2.00 bits per heavy atom. The van der Waals surface area contributed by atoms with Gasteiger partial charge in [0.2, 0.25) is 0 Å². The summed E-state index contributed by atoms with van der Waals surface area (Å²) >= 11 is 1.42. The van der Waals surface area contributed by atoms with Gasteiger partial charge in [-0.25, -0.2) is 9.78 Å². The molecule has 0 aliphatic carbocycles. The number of pyridine rings is 1. The van der Waals surface area contributed by atoms with Crippen LogP contribution in [0.25, 0.3) is 0 Å². The minimum absolute atomic E-state index is 0.0846. The number of nitrogens with two attached hydrogens (primary N) is 1. The Bertz CT molecular complexity index is 641. The number of nitrogens with zero attached hydrogens (tertiary/aromatic N) is 1. The largest absolute Gasteiger partial charge is 0.478 e. The van der Waals surface area contributed by atoms with Crippen LogP contribution in [0.5, 0.6) is 0 Å². The van der Waals surface area contributed by atoms with Gasteiger partial charge >= 0.3 is 5.97 Å². The maximum Gasteiger partial charge on any atom is 0.337 e. The highest BCUT2D eigenvalue weighted by molar-refractivity contribution is 7.99. The molecule has 2 rings (SSSR count). The number of nitrogen functional groups attached to an aromatic ring is 1. The van der Waals surface area contributed by atoms with Gasteiger partial charge in [-0.1, -0.05) is 17.8 Å². The molecule has 2 aromatic rings. The molecule has 0 fully saturated rings. The predicted octanol–water partition coefficient (Wildman–Crippen LogP) is 3.13. The number of carboxylic acid groups (broad SMARTS) is 1. The van der Waals surface area contributed by atoms with Crippen LogP contribution in [0.3, 0.4) is 0 Å². The van der Waals surface area contributed by atoms with Crippen molar-refractivity contribution in [1.82, 2.24) is 4.98 Å². The molecule has 19 heavy (non-hydrogen) atoms. The van der Waals surface area contributed by atoms with Crippen LogP contribution in [-0.4, -0.2) is 16.1 Å². The van der Waals surface area contributed by atoms with E-state index in [1.54, 1.807) is 0 Å². The lowest BCUT2D eigenvalue weighted by molar-refractivity contribution is 0.0697. The third kappa shape index (κ3) is 3.06. The Morgan fingerprint density at radius 1 is 1.26 bits per heavy atom. The first kappa shape index (κ1) is 13.4.